The number of pyridine rings is 1. The Kier molecular flexibility index (Phi) is 2.60. The summed E-state index contributed by atoms with van der Waals surface area (Å²) in [6.07, 6.45) is 1.95. The fraction of sp³-hybridized carbons (Fsp3) is 0.118. The molecule has 0 saturated heterocycles. The molecule has 0 saturated carbocycles. The van der Waals surface area contributed by atoms with Crippen molar-refractivity contribution < 1.29 is 0 Å². The van der Waals surface area contributed by atoms with Crippen LogP contribution in [0.25, 0.3) is 22.0 Å². The Labute approximate surface area is 107 Å². The molecule has 18 heavy (non-hydrogen) atoms. The second kappa shape index (κ2) is 4.26. The van der Waals surface area contributed by atoms with E-state index in [1.54, 1.807) is 0 Å². The largest absolute Gasteiger partial charge is 0.256 e. The Morgan fingerprint density at radius 2 is 1.61 bits per heavy atom. The van der Waals surface area contributed by atoms with E-state index in [1.165, 1.54) is 27.5 Å². The lowest BCUT2D eigenvalue weighted by molar-refractivity contribution is 1.22. The predicted molar refractivity (Wildman–Crippen MR) is 76.7 cm³/mol. The summed E-state index contributed by atoms with van der Waals surface area (Å²) in [6.45, 7) is 4.22. The molecule has 3 rings (SSSR count). The first kappa shape index (κ1) is 11.0. The molecule has 1 heterocycles. The van der Waals surface area contributed by atoms with Crippen LogP contribution in [0, 0.1) is 13.8 Å². The van der Waals surface area contributed by atoms with Gasteiger partial charge in [0.15, 0.2) is 0 Å². The Balaban J connectivity index is 2.28. The highest BCUT2D eigenvalue weighted by Crippen LogP contribution is 2.27. The van der Waals surface area contributed by atoms with E-state index in [9.17, 15) is 0 Å². The third-order valence-electron chi connectivity index (χ3n) is 3.44. The third kappa shape index (κ3) is 1.78. The van der Waals surface area contributed by atoms with Crippen molar-refractivity contribution in [3.63, 3.8) is 0 Å². The quantitative estimate of drug-likeness (QED) is 0.602. The molecule has 0 spiro atoms. The van der Waals surface area contributed by atoms with Gasteiger partial charge in [0.25, 0.3) is 0 Å². The molecule has 2 aromatic carbocycles. The number of aromatic nitrogens is 1. The van der Waals surface area contributed by atoms with Crippen molar-refractivity contribution in [3.05, 3.63) is 65.9 Å². The molecule has 0 fully saturated rings. The maximum absolute atomic E-state index is 4.56. The molecular weight excluding hydrogens is 218 g/mol. The van der Waals surface area contributed by atoms with Gasteiger partial charge in [-0.05, 0) is 41.8 Å². The minimum atomic E-state index is 1.05. The Morgan fingerprint density at radius 3 is 2.44 bits per heavy atom. The van der Waals surface area contributed by atoms with Crippen molar-refractivity contribution in [2.24, 2.45) is 0 Å². The lowest BCUT2D eigenvalue weighted by Crippen LogP contribution is -1.89. The number of benzene rings is 2. The summed E-state index contributed by atoms with van der Waals surface area (Å²) in [4.78, 5) is 4.56. The van der Waals surface area contributed by atoms with Gasteiger partial charge in [-0.2, -0.15) is 0 Å². The molecule has 0 atom stereocenters. The fourth-order valence-electron chi connectivity index (χ4n) is 2.22. The second-order valence-electron chi connectivity index (χ2n) is 4.68. The lowest BCUT2D eigenvalue weighted by atomic mass is 10.0. The first-order valence-corrected chi connectivity index (χ1v) is 6.17. The zero-order valence-corrected chi connectivity index (χ0v) is 10.6. The van der Waals surface area contributed by atoms with Crippen LogP contribution in [0.1, 0.15) is 11.1 Å². The van der Waals surface area contributed by atoms with E-state index in [-0.39, 0.29) is 0 Å². The van der Waals surface area contributed by atoms with Crippen molar-refractivity contribution in [2.75, 3.05) is 0 Å². The zero-order chi connectivity index (χ0) is 12.5. The average molecular weight is 233 g/mol. The van der Waals surface area contributed by atoms with Gasteiger partial charge in [0.2, 0.25) is 0 Å². The summed E-state index contributed by atoms with van der Waals surface area (Å²) in [5.41, 5.74) is 4.78. The van der Waals surface area contributed by atoms with E-state index in [4.69, 9.17) is 0 Å². The standard InChI is InChI=1S/C17H15N/c1-12-10-17(18-11-13(12)2)16-9-5-7-14-6-3-4-8-15(14)16/h3-11H,1-2H3. The van der Waals surface area contributed by atoms with E-state index < -0.39 is 0 Å². The molecule has 0 amide bonds. The molecule has 0 unspecified atom stereocenters. The van der Waals surface area contributed by atoms with Crippen LogP contribution in [0.5, 0.6) is 0 Å². The normalized spacial score (nSPS) is 10.8. The van der Waals surface area contributed by atoms with E-state index in [0.29, 0.717) is 0 Å². The van der Waals surface area contributed by atoms with Gasteiger partial charge < -0.3 is 0 Å². The summed E-state index contributed by atoms with van der Waals surface area (Å²) >= 11 is 0. The van der Waals surface area contributed by atoms with Crippen molar-refractivity contribution in [1.82, 2.24) is 4.98 Å². The Bertz CT molecular complexity index is 708. The summed E-state index contributed by atoms with van der Waals surface area (Å²) in [5.74, 6) is 0. The SMILES string of the molecule is Cc1cnc(-c2cccc3ccccc23)cc1C. The lowest BCUT2D eigenvalue weighted by Gasteiger charge is -2.08. The van der Waals surface area contributed by atoms with Crippen molar-refractivity contribution >= 4 is 10.8 Å². The van der Waals surface area contributed by atoms with Crippen LogP contribution < -0.4 is 0 Å². The van der Waals surface area contributed by atoms with Gasteiger partial charge in [-0.25, -0.2) is 0 Å². The molecule has 0 aliphatic heterocycles. The molecular formula is C17H15N. The minimum absolute atomic E-state index is 1.05. The number of hydrogen-bond acceptors (Lipinski definition) is 1. The minimum Gasteiger partial charge on any atom is -0.256 e. The van der Waals surface area contributed by atoms with Gasteiger partial charge in [0.05, 0.1) is 5.69 Å². The summed E-state index contributed by atoms with van der Waals surface area (Å²) in [7, 11) is 0. The smallest absolute Gasteiger partial charge is 0.0711 e. The van der Waals surface area contributed by atoms with Crippen LogP contribution in [0.15, 0.2) is 54.7 Å². The molecule has 0 aliphatic rings. The Hall–Kier alpha value is -2.15. The van der Waals surface area contributed by atoms with Crippen LogP contribution in [0.2, 0.25) is 0 Å². The molecule has 0 bridgehead atoms. The summed E-state index contributed by atoms with van der Waals surface area (Å²) in [6, 6.07) is 17.0. The first-order chi connectivity index (χ1) is 8.75. The van der Waals surface area contributed by atoms with Gasteiger partial charge in [-0.3, -0.25) is 4.98 Å². The zero-order valence-electron chi connectivity index (χ0n) is 10.6. The van der Waals surface area contributed by atoms with Crippen LogP contribution >= 0.6 is 0 Å². The maximum Gasteiger partial charge on any atom is 0.0711 e. The van der Waals surface area contributed by atoms with Crippen LogP contribution in [0.3, 0.4) is 0 Å². The van der Waals surface area contributed by atoms with Crippen LogP contribution in [0.4, 0.5) is 0 Å². The van der Waals surface area contributed by atoms with Gasteiger partial charge in [-0.15, -0.1) is 0 Å². The molecule has 0 aliphatic carbocycles. The maximum atomic E-state index is 4.56. The molecule has 3 aromatic rings. The molecule has 1 aromatic heterocycles. The molecule has 0 N–H and O–H groups in total. The van der Waals surface area contributed by atoms with Crippen molar-refractivity contribution in [2.45, 2.75) is 13.8 Å². The number of fused-ring (bicyclic) bond motifs is 1. The van der Waals surface area contributed by atoms with E-state index in [2.05, 4.69) is 67.4 Å². The average Bonchev–Trinajstić information content (AvgIpc) is 2.41. The highest BCUT2D eigenvalue weighted by molar-refractivity contribution is 5.95. The summed E-state index contributed by atoms with van der Waals surface area (Å²) in [5, 5.41) is 2.52. The summed E-state index contributed by atoms with van der Waals surface area (Å²) < 4.78 is 0. The van der Waals surface area contributed by atoms with Gasteiger partial charge >= 0.3 is 0 Å². The fourth-order valence-corrected chi connectivity index (χ4v) is 2.22. The highest BCUT2D eigenvalue weighted by atomic mass is 14.7. The van der Waals surface area contributed by atoms with E-state index >= 15 is 0 Å². The third-order valence-corrected chi connectivity index (χ3v) is 3.44. The topological polar surface area (TPSA) is 12.9 Å². The monoisotopic (exact) mass is 233 g/mol. The Morgan fingerprint density at radius 1 is 0.833 bits per heavy atom. The van der Waals surface area contributed by atoms with E-state index in [1.807, 2.05) is 6.20 Å². The number of nitrogens with zero attached hydrogens (tertiary/aromatic N) is 1. The van der Waals surface area contributed by atoms with Gasteiger partial charge in [0, 0.05) is 11.8 Å². The number of aryl methyl sites for hydroxylation is 2. The van der Waals surface area contributed by atoms with Crippen molar-refractivity contribution in [1.29, 1.82) is 0 Å². The molecule has 1 heteroatoms. The van der Waals surface area contributed by atoms with Crippen LogP contribution in [-0.2, 0) is 0 Å². The van der Waals surface area contributed by atoms with Crippen LogP contribution in [-0.4, -0.2) is 4.98 Å². The molecule has 1 nitrogen and oxygen atoms in total. The second-order valence-corrected chi connectivity index (χ2v) is 4.68. The van der Waals surface area contributed by atoms with Gasteiger partial charge in [-0.1, -0.05) is 42.5 Å². The highest BCUT2D eigenvalue weighted by Gasteiger charge is 2.05. The molecule has 88 valence electrons. The predicted octanol–water partition coefficient (Wildman–Crippen LogP) is 4.52. The van der Waals surface area contributed by atoms with Crippen molar-refractivity contribution in [3.8, 4) is 11.3 Å². The first-order valence-electron chi connectivity index (χ1n) is 6.17. The molecule has 0 radical (unpaired) electrons. The number of hydrogen-bond donors (Lipinski definition) is 0. The van der Waals surface area contributed by atoms with E-state index in [0.717, 1.165) is 5.69 Å². The number of rotatable bonds is 1. The van der Waals surface area contributed by atoms with Gasteiger partial charge in [0.1, 0.15) is 0 Å².